The quantitative estimate of drug-likeness (QED) is 0.751. The van der Waals surface area contributed by atoms with Crippen LogP contribution in [-0.4, -0.2) is 4.98 Å². The zero-order valence-electron chi connectivity index (χ0n) is 8.03. The van der Waals surface area contributed by atoms with Gasteiger partial charge in [-0.25, -0.2) is 0 Å². The molecule has 0 radical (unpaired) electrons. The summed E-state index contributed by atoms with van der Waals surface area (Å²) in [6.45, 7) is 3.73. The highest BCUT2D eigenvalue weighted by Gasteiger charge is 1.95. The number of benzene rings is 1. The molecule has 0 aliphatic heterocycles. The van der Waals surface area contributed by atoms with Crippen LogP contribution in [0.2, 0.25) is 0 Å². The molecule has 0 saturated heterocycles. The lowest BCUT2D eigenvalue weighted by Gasteiger charge is -1.99. The maximum Gasteiger partial charge on any atom is 0.0191 e. The van der Waals surface area contributed by atoms with E-state index >= 15 is 0 Å². The molecule has 0 unspecified atom stereocenters. The number of nitrogens with one attached hydrogen (secondary N) is 1. The summed E-state index contributed by atoms with van der Waals surface area (Å²) in [6, 6.07) is 12.6. The third kappa shape index (κ3) is 1.94. The molecule has 1 nitrogen and oxygen atoms in total. The number of aromatic nitrogens is 1. The Balaban J connectivity index is 2.14. The predicted molar refractivity (Wildman–Crippen MR) is 60.1 cm³/mol. The van der Waals surface area contributed by atoms with Crippen LogP contribution in [-0.2, 0) is 6.42 Å². The normalized spacial score (nSPS) is 10.0. The minimum Gasteiger partial charge on any atom is -0.365 e. The van der Waals surface area contributed by atoms with E-state index in [9.17, 15) is 0 Å². The minimum absolute atomic E-state index is 0.963. The van der Waals surface area contributed by atoms with Gasteiger partial charge in [0.1, 0.15) is 0 Å². The first-order chi connectivity index (χ1) is 6.88. The van der Waals surface area contributed by atoms with E-state index in [0.29, 0.717) is 0 Å². The van der Waals surface area contributed by atoms with Crippen LogP contribution in [0.1, 0.15) is 16.8 Å². The van der Waals surface area contributed by atoms with Gasteiger partial charge in [-0.1, -0.05) is 36.9 Å². The van der Waals surface area contributed by atoms with E-state index in [2.05, 4.69) is 41.9 Å². The molecular weight excluding hydrogens is 170 g/mol. The molecule has 0 aliphatic carbocycles. The van der Waals surface area contributed by atoms with Gasteiger partial charge < -0.3 is 4.98 Å². The maximum atomic E-state index is 3.73. The first kappa shape index (κ1) is 8.82. The summed E-state index contributed by atoms with van der Waals surface area (Å²) < 4.78 is 0. The summed E-state index contributed by atoms with van der Waals surface area (Å²) in [5, 5.41) is 0. The summed E-state index contributed by atoms with van der Waals surface area (Å²) in [4.78, 5) is 3.19. The molecule has 0 bridgehead atoms. The van der Waals surface area contributed by atoms with E-state index in [1.54, 1.807) is 0 Å². The van der Waals surface area contributed by atoms with Crippen molar-refractivity contribution in [1.82, 2.24) is 4.98 Å². The van der Waals surface area contributed by atoms with Gasteiger partial charge in [-0.05, 0) is 23.3 Å². The lowest BCUT2D eigenvalue weighted by Crippen LogP contribution is -1.87. The van der Waals surface area contributed by atoms with Crippen molar-refractivity contribution in [2.24, 2.45) is 0 Å². The van der Waals surface area contributed by atoms with Crippen LogP contribution in [0.5, 0.6) is 0 Å². The number of rotatable bonds is 3. The Morgan fingerprint density at radius 1 is 1.14 bits per heavy atom. The third-order valence-electron chi connectivity index (χ3n) is 2.27. The molecule has 0 amide bonds. The van der Waals surface area contributed by atoms with Crippen LogP contribution in [0, 0.1) is 0 Å². The van der Waals surface area contributed by atoms with Crippen molar-refractivity contribution >= 4 is 6.08 Å². The summed E-state index contributed by atoms with van der Waals surface area (Å²) in [5.74, 6) is 0. The van der Waals surface area contributed by atoms with Crippen LogP contribution >= 0.6 is 0 Å². The second-order valence-electron chi connectivity index (χ2n) is 3.32. The zero-order chi connectivity index (χ0) is 9.80. The first-order valence-electron chi connectivity index (χ1n) is 4.72. The molecule has 0 saturated carbocycles. The predicted octanol–water partition coefficient (Wildman–Crippen LogP) is 3.25. The molecule has 14 heavy (non-hydrogen) atoms. The monoisotopic (exact) mass is 183 g/mol. The van der Waals surface area contributed by atoms with Crippen molar-refractivity contribution in [3.63, 3.8) is 0 Å². The lowest BCUT2D eigenvalue weighted by molar-refractivity contribution is 1.11. The summed E-state index contributed by atoms with van der Waals surface area (Å²) in [6.07, 6.45) is 4.77. The Kier molecular flexibility index (Phi) is 2.50. The highest BCUT2D eigenvalue weighted by molar-refractivity contribution is 5.47. The molecule has 1 heteroatoms. The average Bonchev–Trinajstić information content (AvgIpc) is 2.72. The topological polar surface area (TPSA) is 15.8 Å². The van der Waals surface area contributed by atoms with E-state index < -0.39 is 0 Å². The van der Waals surface area contributed by atoms with Crippen LogP contribution < -0.4 is 0 Å². The number of hydrogen-bond donors (Lipinski definition) is 1. The molecule has 1 heterocycles. The molecule has 0 fully saturated rings. The van der Waals surface area contributed by atoms with Crippen LogP contribution in [0.4, 0.5) is 0 Å². The van der Waals surface area contributed by atoms with Gasteiger partial charge in [-0.15, -0.1) is 0 Å². The molecule has 70 valence electrons. The largest absolute Gasteiger partial charge is 0.365 e. The van der Waals surface area contributed by atoms with Crippen molar-refractivity contribution in [3.05, 3.63) is 66.0 Å². The summed E-state index contributed by atoms with van der Waals surface area (Å²) >= 11 is 0. The Morgan fingerprint density at radius 2 is 1.93 bits per heavy atom. The molecule has 1 aromatic heterocycles. The molecular formula is C13H13N. The van der Waals surface area contributed by atoms with Crippen molar-refractivity contribution < 1.29 is 0 Å². The standard InChI is InChI=1S/C13H13N/c1-2-11-5-7-12(8-6-11)10-13-4-3-9-14-13/h2-9,14H,1,10H2. The van der Waals surface area contributed by atoms with Gasteiger partial charge in [0.25, 0.3) is 0 Å². The van der Waals surface area contributed by atoms with E-state index in [0.717, 1.165) is 6.42 Å². The van der Waals surface area contributed by atoms with E-state index in [-0.39, 0.29) is 0 Å². The molecule has 2 rings (SSSR count). The highest BCUT2D eigenvalue weighted by atomic mass is 14.7. The van der Waals surface area contributed by atoms with Gasteiger partial charge >= 0.3 is 0 Å². The maximum absolute atomic E-state index is 3.73. The van der Waals surface area contributed by atoms with Crippen molar-refractivity contribution in [3.8, 4) is 0 Å². The Labute approximate surface area is 84.1 Å². The molecule has 1 aromatic carbocycles. The van der Waals surface area contributed by atoms with Crippen LogP contribution in [0.15, 0.2) is 49.2 Å². The Hall–Kier alpha value is -1.76. The Bertz CT molecular complexity index is 395. The van der Waals surface area contributed by atoms with Crippen molar-refractivity contribution in [1.29, 1.82) is 0 Å². The molecule has 0 atom stereocenters. The molecule has 0 aliphatic rings. The number of hydrogen-bond acceptors (Lipinski definition) is 0. The fraction of sp³-hybridized carbons (Fsp3) is 0.0769. The van der Waals surface area contributed by atoms with Gasteiger partial charge in [0.2, 0.25) is 0 Å². The van der Waals surface area contributed by atoms with E-state index in [1.807, 2.05) is 18.3 Å². The van der Waals surface area contributed by atoms with Crippen LogP contribution in [0.3, 0.4) is 0 Å². The molecule has 0 spiro atoms. The van der Waals surface area contributed by atoms with E-state index in [1.165, 1.54) is 16.8 Å². The van der Waals surface area contributed by atoms with E-state index in [4.69, 9.17) is 0 Å². The number of H-pyrrole nitrogens is 1. The van der Waals surface area contributed by atoms with Gasteiger partial charge in [-0.3, -0.25) is 0 Å². The highest BCUT2D eigenvalue weighted by Crippen LogP contribution is 2.09. The average molecular weight is 183 g/mol. The number of aromatic amines is 1. The third-order valence-corrected chi connectivity index (χ3v) is 2.27. The lowest BCUT2D eigenvalue weighted by atomic mass is 10.1. The first-order valence-corrected chi connectivity index (χ1v) is 4.72. The SMILES string of the molecule is C=Cc1ccc(Cc2ccc[nH]2)cc1. The van der Waals surface area contributed by atoms with Crippen molar-refractivity contribution in [2.75, 3.05) is 0 Å². The van der Waals surface area contributed by atoms with Gasteiger partial charge in [-0.2, -0.15) is 0 Å². The Morgan fingerprint density at radius 3 is 2.50 bits per heavy atom. The zero-order valence-corrected chi connectivity index (χ0v) is 8.03. The van der Waals surface area contributed by atoms with Crippen molar-refractivity contribution in [2.45, 2.75) is 6.42 Å². The summed E-state index contributed by atoms with van der Waals surface area (Å²) in [7, 11) is 0. The fourth-order valence-electron chi connectivity index (χ4n) is 1.47. The fourth-order valence-corrected chi connectivity index (χ4v) is 1.47. The minimum atomic E-state index is 0.963. The second kappa shape index (κ2) is 3.97. The molecule has 1 N–H and O–H groups in total. The second-order valence-corrected chi connectivity index (χ2v) is 3.32. The smallest absolute Gasteiger partial charge is 0.0191 e. The van der Waals surface area contributed by atoms with Gasteiger partial charge in [0, 0.05) is 18.3 Å². The van der Waals surface area contributed by atoms with Gasteiger partial charge in [0.15, 0.2) is 0 Å². The summed E-state index contributed by atoms with van der Waals surface area (Å²) in [5.41, 5.74) is 3.73. The van der Waals surface area contributed by atoms with Crippen LogP contribution in [0.25, 0.3) is 6.08 Å². The van der Waals surface area contributed by atoms with Gasteiger partial charge in [0.05, 0.1) is 0 Å². The molecule has 2 aromatic rings.